The van der Waals surface area contributed by atoms with Crippen LogP contribution >= 0.6 is 11.6 Å². The zero-order valence-corrected chi connectivity index (χ0v) is 12.8. The zero-order chi connectivity index (χ0) is 15.4. The number of carbonyl (C=O) groups is 1. The first-order chi connectivity index (χ1) is 10.0. The Morgan fingerprint density at radius 1 is 1.38 bits per heavy atom. The van der Waals surface area contributed by atoms with E-state index in [0.29, 0.717) is 16.4 Å². The van der Waals surface area contributed by atoms with Crippen molar-refractivity contribution >= 4 is 28.9 Å². The Morgan fingerprint density at radius 2 is 2.14 bits per heavy atom. The molecule has 1 heterocycles. The Hall–Kier alpha value is -2.08. The Kier molecular flexibility index (Phi) is 4.80. The molecule has 0 aliphatic rings. The average molecular weight is 308 g/mol. The van der Waals surface area contributed by atoms with E-state index in [1.807, 2.05) is 13.8 Å². The maximum atomic E-state index is 12.1. The Labute approximate surface area is 128 Å². The number of rotatable bonds is 5. The molecule has 0 bridgehead atoms. The van der Waals surface area contributed by atoms with Crippen LogP contribution < -0.4 is 11.1 Å². The normalized spacial score (nSPS) is 10.6. The number of nitrogens with one attached hydrogen (secondary N) is 1. The van der Waals surface area contributed by atoms with Crippen molar-refractivity contribution in [2.75, 3.05) is 11.1 Å². The van der Waals surface area contributed by atoms with E-state index in [1.165, 1.54) is 0 Å². The number of carbonyl (C=O) groups excluding carboxylic acids is 1. The van der Waals surface area contributed by atoms with Gasteiger partial charge in [0.2, 0.25) is 5.91 Å². The first-order valence-electron chi connectivity index (χ1n) is 6.81. The van der Waals surface area contributed by atoms with Gasteiger partial charge < -0.3 is 11.1 Å². The fraction of sp³-hybridized carbons (Fsp3) is 0.357. The van der Waals surface area contributed by atoms with Crippen LogP contribution in [0.15, 0.2) is 18.2 Å². The summed E-state index contributed by atoms with van der Waals surface area (Å²) in [6.45, 7) is 4.07. The van der Waals surface area contributed by atoms with Crippen molar-refractivity contribution in [3.05, 3.63) is 34.9 Å². The quantitative estimate of drug-likeness (QED) is 0.830. The molecule has 0 fully saturated rings. The fourth-order valence-electron chi connectivity index (χ4n) is 1.94. The molecular weight excluding hydrogens is 290 g/mol. The second-order valence-corrected chi connectivity index (χ2v) is 5.03. The van der Waals surface area contributed by atoms with Crippen LogP contribution in [0.2, 0.25) is 5.02 Å². The third-order valence-corrected chi connectivity index (χ3v) is 3.24. The summed E-state index contributed by atoms with van der Waals surface area (Å²) < 4.78 is 1.63. The molecule has 0 saturated carbocycles. The van der Waals surface area contributed by atoms with Gasteiger partial charge in [0.15, 0.2) is 5.82 Å². The van der Waals surface area contributed by atoms with Crippen molar-refractivity contribution in [2.24, 2.45) is 0 Å². The van der Waals surface area contributed by atoms with Gasteiger partial charge in [0.05, 0.1) is 11.4 Å². The number of anilines is 2. The van der Waals surface area contributed by atoms with E-state index in [1.54, 1.807) is 22.9 Å². The lowest BCUT2D eigenvalue weighted by atomic mass is 10.2. The van der Waals surface area contributed by atoms with Crippen LogP contribution in [0.5, 0.6) is 0 Å². The highest BCUT2D eigenvalue weighted by molar-refractivity contribution is 6.31. The van der Waals surface area contributed by atoms with Crippen molar-refractivity contribution in [1.82, 2.24) is 14.8 Å². The van der Waals surface area contributed by atoms with Crippen molar-refractivity contribution < 1.29 is 4.79 Å². The Morgan fingerprint density at radius 3 is 2.76 bits per heavy atom. The van der Waals surface area contributed by atoms with Crippen molar-refractivity contribution in [2.45, 2.75) is 33.2 Å². The number of nitrogens with zero attached hydrogens (tertiary/aromatic N) is 3. The summed E-state index contributed by atoms with van der Waals surface area (Å²) >= 11 is 5.83. The van der Waals surface area contributed by atoms with E-state index in [-0.39, 0.29) is 12.5 Å². The molecule has 3 N–H and O–H groups in total. The van der Waals surface area contributed by atoms with E-state index >= 15 is 0 Å². The van der Waals surface area contributed by atoms with Crippen LogP contribution in [0.1, 0.15) is 25.5 Å². The first kappa shape index (κ1) is 15.3. The monoisotopic (exact) mass is 307 g/mol. The highest BCUT2D eigenvalue weighted by Crippen LogP contribution is 2.22. The number of nitrogens with two attached hydrogens (primary N) is 1. The van der Waals surface area contributed by atoms with Crippen LogP contribution in [0.4, 0.5) is 11.4 Å². The number of aryl methyl sites for hydroxylation is 2. The largest absolute Gasteiger partial charge is 0.397 e. The van der Waals surface area contributed by atoms with Crippen LogP contribution in [-0.2, 0) is 24.2 Å². The molecule has 0 aliphatic heterocycles. The first-order valence-corrected chi connectivity index (χ1v) is 7.18. The summed E-state index contributed by atoms with van der Waals surface area (Å²) in [7, 11) is 0. The molecule has 0 spiro atoms. The number of halogens is 1. The predicted molar refractivity (Wildman–Crippen MR) is 83.3 cm³/mol. The van der Waals surface area contributed by atoms with E-state index in [2.05, 4.69) is 15.4 Å². The molecule has 0 atom stereocenters. The Balaban J connectivity index is 2.09. The van der Waals surface area contributed by atoms with Crippen LogP contribution in [0.25, 0.3) is 0 Å². The lowest BCUT2D eigenvalue weighted by Gasteiger charge is -2.09. The minimum Gasteiger partial charge on any atom is -0.397 e. The van der Waals surface area contributed by atoms with Gasteiger partial charge in [-0.25, -0.2) is 9.67 Å². The van der Waals surface area contributed by atoms with Crippen molar-refractivity contribution in [3.8, 4) is 0 Å². The molecule has 0 aliphatic carbocycles. The molecule has 21 heavy (non-hydrogen) atoms. The van der Waals surface area contributed by atoms with Gasteiger partial charge in [-0.2, -0.15) is 5.10 Å². The maximum absolute atomic E-state index is 12.1. The van der Waals surface area contributed by atoms with Gasteiger partial charge in [-0.05, 0) is 18.2 Å². The minimum atomic E-state index is -0.203. The molecule has 6 nitrogen and oxygen atoms in total. The smallest absolute Gasteiger partial charge is 0.246 e. The van der Waals surface area contributed by atoms with Gasteiger partial charge in [-0.3, -0.25) is 4.79 Å². The van der Waals surface area contributed by atoms with Gasteiger partial charge >= 0.3 is 0 Å². The highest BCUT2D eigenvalue weighted by atomic mass is 35.5. The third-order valence-electron chi connectivity index (χ3n) is 3.01. The molecular formula is C14H18ClN5O. The number of benzene rings is 1. The summed E-state index contributed by atoms with van der Waals surface area (Å²) in [6.07, 6.45) is 1.47. The van der Waals surface area contributed by atoms with Crippen LogP contribution in [0, 0.1) is 0 Å². The highest BCUT2D eigenvalue weighted by Gasteiger charge is 2.12. The summed E-state index contributed by atoms with van der Waals surface area (Å²) in [6, 6.07) is 4.95. The second kappa shape index (κ2) is 6.58. The van der Waals surface area contributed by atoms with Gasteiger partial charge in [-0.15, -0.1) is 0 Å². The van der Waals surface area contributed by atoms with E-state index < -0.39 is 0 Å². The summed E-state index contributed by atoms with van der Waals surface area (Å²) in [5, 5.41) is 7.59. The topological polar surface area (TPSA) is 85.8 Å². The number of aromatic nitrogens is 3. The van der Waals surface area contributed by atoms with E-state index in [4.69, 9.17) is 17.3 Å². The summed E-state index contributed by atoms with van der Waals surface area (Å²) in [4.78, 5) is 16.5. The average Bonchev–Trinajstić information content (AvgIpc) is 2.84. The molecule has 1 aromatic heterocycles. The SMILES string of the molecule is CCc1nc(CC)n(CC(=O)Nc2ccc(Cl)cc2N)n1. The van der Waals surface area contributed by atoms with Gasteiger partial charge in [0, 0.05) is 17.9 Å². The van der Waals surface area contributed by atoms with Crippen LogP contribution in [-0.4, -0.2) is 20.7 Å². The summed E-state index contributed by atoms with van der Waals surface area (Å²) in [5.74, 6) is 1.34. The molecule has 0 unspecified atom stereocenters. The van der Waals surface area contributed by atoms with Gasteiger partial charge in [0.25, 0.3) is 0 Å². The lowest BCUT2D eigenvalue weighted by Crippen LogP contribution is -2.21. The molecule has 2 aromatic rings. The lowest BCUT2D eigenvalue weighted by molar-refractivity contribution is -0.116. The maximum Gasteiger partial charge on any atom is 0.246 e. The molecule has 2 rings (SSSR count). The molecule has 1 amide bonds. The number of hydrogen-bond acceptors (Lipinski definition) is 4. The Bertz CT molecular complexity index is 653. The molecule has 0 saturated heterocycles. The fourth-order valence-corrected chi connectivity index (χ4v) is 2.12. The van der Waals surface area contributed by atoms with Crippen molar-refractivity contribution in [1.29, 1.82) is 0 Å². The minimum absolute atomic E-state index is 0.109. The third kappa shape index (κ3) is 3.72. The molecule has 0 radical (unpaired) electrons. The van der Waals surface area contributed by atoms with Gasteiger partial charge in [-0.1, -0.05) is 25.4 Å². The zero-order valence-electron chi connectivity index (χ0n) is 12.1. The van der Waals surface area contributed by atoms with Crippen LogP contribution in [0.3, 0.4) is 0 Å². The molecule has 7 heteroatoms. The molecule has 1 aromatic carbocycles. The standard InChI is InChI=1S/C14H18ClN5O/c1-3-12-18-13(4-2)20(19-12)8-14(21)17-11-6-5-9(15)7-10(11)16/h5-7H,3-4,8,16H2,1-2H3,(H,17,21). The summed E-state index contributed by atoms with van der Waals surface area (Å²) in [5.41, 5.74) is 6.78. The second-order valence-electron chi connectivity index (χ2n) is 4.59. The number of nitrogen functional groups attached to an aromatic ring is 1. The number of amides is 1. The predicted octanol–water partition coefficient (Wildman–Crippen LogP) is 2.28. The van der Waals surface area contributed by atoms with E-state index in [0.717, 1.165) is 24.5 Å². The van der Waals surface area contributed by atoms with Crippen molar-refractivity contribution in [3.63, 3.8) is 0 Å². The van der Waals surface area contributed by atoms with Gasteiger partial charge in [0.1, 0.15) is 12.4 Å². The number of hydrogen-bond donors (Lipinski definition) is 2. The van der Waals surface area contributed by atoms with E-state index in [9.17, 15) is 4.79 Å². The molecule has 112 valence electrons.